The predicted octanol–water partition coefficient (Wildman–Crippen LogP) is 3.97. The molecule has 0 bridgehead atoms. The molecule has 0 spiro atoms. The van der Waals surface area contributed by atoms with Crippen LogP contribution in [-0.2, 0) is 4.74 Å². The van der Waals surface area contributed by atoms with Crippen molar-refractivity contribution in [3.8, 4) is 0 Å². The third-order valence-corrected chi connectivity index (χ3v) is 4.96. The van der Waals surface area contributed by atoms with Crippen molar-refractivity contribution in [1.82, 2.24) is 0 Å². The summed E-state index contributed by atoms with van der Waals surface area (Å²) in [5.74, 6) is 0. The zero-order chi connectivity index (χ0) is 12.3. The average molecular weight is 272 g/mol. The Morgan fingerprint density at radius 3 is 3.00 bits per heavy atom. The minimum atomic E-state index is 0.404. The summed E-state index contributed by atoms with van der Waals surface area (Å²) in [6, 6.07) is 5.67. The van der Waals surface area contributed by atoms with Crippen molar-refractivity contribution < 1.29 is 4.74 Å². The van der Waals surface area contributed by atoms with Crippen LogP contribution in [0, 0.1) is 0 Å². The van der Waals surface area contributed by atoms with Gasteiger partial charge in [0.2, 0.25) is 0 Å². The second kappa shape index (κ2) is 5.98. The van der Waals surface area contributed by atoms with Gasteiger partial charge in [-0.2, -0.15) is 0 Å². The second-order valence-electron chi connectivity index (χ2n) is 4.45. The zero-order valence-corrected chi connectivity index (χ0v) is 11.6. The third-order valence-electron chi connectivity index (χ3n) is 3.16. The number of hydrogen-bond donors (Lipinski definition) is 1. The summed E-state index contributed by atoms with van der Waals surface area (Å²) in [4.78, 5) is 1.09. The van der Waals surface area contributed by atoms with Crippen molar-refractivity contribution in [1.29, 1.82) is 0 Å². The molecule has 0 heterocycles. The first kappa shape index (κ1) is 13.1. The maximum absolute atomic E-state index is 6.18. The molecule has 1 saturated carbocycles. The van der Waals surface area contributed by atoms with E-state index in [9.17, 15) is 0 Å². The molecule has 1 aliphatic rings. The average Bonchev–Trinajstić information content (AvgIpc) is 2.34. The molecule has 17 heavy (non-hydrogen) atoms. The molecule has 1 aromatic carbocycles. The van der Waals surface area contributed by atoms with E-state index in [1.165, 1.54) is 19.3 Å². The highest BCUT2D eigenvalue weighted by Gasteiger charge is 2.23. The molecule has 1 aliphatic carbocycles. The summed E-state index contributed by atoms with van der Waals surface area (Å²) in [6.45, 7) is 0. The lowest BCUT2D eigenvalue weighted by atomic mass is 9.97. The normalized spacial score (nSPS) is 24.8. The number of nitrogens with two attached hydrogens (primary N) is 1. The van der Waals surface area contributed by atoms with Crippen LogP contribution < -0.4 is 5.73 Å². The highest BCUT2D eigenvalue weighted by atomic mass is 35.5. The minimum absolute atomic E-state index is 0.404. The van der Waals surface area contributed by atoms with Crippen LogP contribution in [0.1, 0.15) is 25.7 Å². The molecule has 2 unspecified atom stereocenters. The Morgan fingerprint density at radius 2 is 2.24 bits per heavy atom. The van der Waals surface area contributed by atoms with E-state index in [1.54, 1.807) is 7.11 Å². The van der Waals surface area contributed by atoms with Crippen molar-refractivity contribution in [2.45, 2.75) is 41.9 Å². The van der Waals surface area contributed by atoms with Crippen molar-refractivity contribution in [3.05, 3.63) is 23.2 Å². The van der Waals surface area contributed by atoms with Crippen LogP contribution in [0.15, 0.2) is 23.1 Å². The number of nitrogen functional groups attached to an aromatic ring is 1. The number of benzene rings is 1. The van der Waals surface area contributed by atoms with Gasteiger partial charge in [-0.05, 0) is 43.9 Å². The Labute approximate surface area is 112 Å². The maximum Gasteiger partial charge on any atom is 0.0582 e. The molecule has 1 fully saturated rings. The molecule has 0 radical (unpaired) electrons. The molecule has 4 heteroatoms. The monoisotopic (exact) mass is 271 g/mol. The summed E-state index contributed by atoms with van der Waals surface area (Å²) in [7, 11) is 1.80. The highest BCUT2D eigenvalue weighted by molar-refractivity contribution is 8.00. The third kappa shape index (κ3) is 3.54. The summed E-state index contributed by atoms with van der Waals surface area (Å²) < 4.78 is 5.44. The van der Waals surface area contributed by atoms with Crippen molar-refractivity contribution in [2.75, 3.05) is 12.8 Å². The number of ether oxygens (including phenoxy) is 1. The standard InChI is InChI=1S/C13H18ClNOS/c1-16-10-3-2-4-11(8-10)17-13-7-9(15)5-6-12(13)14/h5-7,10-11H,2-4,8,15H2,1H3. The molecule has 2 N–H and O–H groups in total. The highest BCUT2D eigenvalue weighted by Crippen LogP contribution is 2.38. The smallest absolute Gasteiger partial charge is 0.0582 e. The second-order valence-corrected chi connectivity index (χ2v) is 6.20. The van der Waals surface area contributed by atoms with Crippen molar-refractivity contribution >= 4 is 29.1 Å². The van der Waals surface area contributed by atoms with Crippen LogP contribution in [-0.4, -0.2) is 18.5 Å². The van der Waals surface area contributed by atoms with E-state index >= 15 is 0 Å². The molecule has 2 nitrogen and oxygen atoms in total. The van der Waals surface area contributed by atoms with Gasteiger partial charge in [0.05, 0.1) is 11.1 Å². The van der Waals surface area contributed by atoms with Gasteiger partial charge >= 0.3 is 0 Å². The number of hydrogen-bond acceptors (Lipinski definition) is 3. The SMILES string of the molecule is COC1CCCC(Sc2cc(N)ccc2Cl)C1. The van der Waals surface area contributed by atoms with Gasteiger partial charge in [-0.15, -0.1) is 11.8 Å². The number of rotatable bonds is 3. The Bertz CT molecular complexity index is 386. The first-order valence-electron chi connectivity index (χ1n) is 5.93. The van der Waals surface area contributed by atoms with Crippen LogP contribution in [0.2, 0.25) is 5.02 Å². The van der Waals surface area contributed by atoms with Gasteiger partial charge in [-0.3, -0.25) is 0 Å². The van der Waals surface area contributed by atoms with E-state index in [2.05, 4.69) is 0 Å². The first-order chi connectivity index (χ1) is 8.19. The Hall–Kier alpha value is -0.380. The van der Waals surface area contributed by atoms with E-state index in [4.69, 9.17) is 22.1 Å². The molecule has 1 aromatic rings. The number of thioether (sulfide) groups is 1. The van der Waals surface area contributed by atoms with Gasteiger partial charge in [0.1, 0.15) is 0 Å². The van der Waals surface area contributed by atoms with E-state index in [0.717, 1.165) is 22.0 Å². The quantitative estimate of drug-likeness (QED) is 0.845. The van der Waals surface area contributed by atoms with Gasteiger partial charge in [0.25, 0.3) is 0 Å². The molecule has 0 amide bonds. The molecule has 2 rings (SSSR count). The molecule has 2 atom stereocenters. The summed E-state index contributed by atoms with van der Waals surface area (Å²) >= 11 is 8.01. The molecule has 94 valence electrons. The number of methoxy groups -OCH3 is 1. The fourth-order valence-electron chi connectivity index (χ4n) is 2.21. The number of anilines is 1. The van der Waals surface area contributed by atoms with Crippen LogP contribution in [0.5, 0.6) is 0 Å². The molecular formula is C13H18ClNOS. The Balaban J connectivity index is 2.02. The van der Waals surface area contributed by atoms with Crippen LogP contribution in [0.3, 0.4) is 0 Å². The maximum atomic E-state index is 6.18. The van der Waals surface area contributed by atoms with Crippen LogP contribution in [0.25, 0.3) is 0 Å². The Kier molecular flexibility index (Phi) is 4.60. The molecule has 0 saturated heterocycles. The van der Waals surface area contributed by atoms with E-state index in [-0.39, 0.29) is 0 Å². The fraction of sp³-hybridized carbons (Fsp3) is 0.538. The van der Waals surface area contributed by atoms with E-state index < -0.39 is 0 Å². The predicted molar refractivity (Wildman–Crippen MR) is 74.8 cm³/mol. The van der Waals surface area contributed by atoms with E-state index in [1.807, 2.05) is 30.0 Å². The van der Waals surface area contributed by atoms with Crippen molar-refractivity contribution in [2.24, 2.45) is 0 Å². The summed E-state index contributed by atoms with van der Waals surface area (Å²) in [5, 5.41) is 1.39. The van der Waals surface area contributed by atoms with Crippen LogP contribution >= 0.6 is 23.4 Å². The topological polar surface area (TPSA) is 35.2 Å². The van der Waals surface area contributed by atoms with Gasteiger partial charge in [0.15, 0.2) is 0 Å². The zero-order valence-electron chi connectivity index (χ0n) is 9.99. The summed E-state index contributed by atoms with van der Waals surface area (Å²) in [6.07, 6.45) is 5.15. The Morgan fingerprint density at radius 1 is 1.41 bits per heavy atom. The van der Waals surface area contributed by atoms with E-state index in [0.29, 0.717) is 11.4 Å². The largest absolute Gasteiger partial charge is 0.399 e. The van der Waals surface area contributed by atoms with Crippen LogP contribution in [0.4, 0.5) is 5.69 Å². The molecule has 0 aromatic heterocycles. The fourth-order valence-corrected chi connectivity index (χ4v) is 3.80. The molecular weight excluding hydrogens is 254 g/mol. The van der Waals surface area contributed by atoms with Crippen molar-refractivity contribution in [3.63, 3.8) is 0 Å². The minimum Gasteiger partial charge on any atom is -0.399 e. The molecule has 0 aliphatic heterocycles. The van der Waals surface area contributed by atoms with Gasteiger partial charge in [0, 0.05) is 22.9 Å². The number of halogens is 1. The lowest BCUT2D eigenvalue weighted by Crippen LogP contribution is -2.23. The van der Waals surface area contributed by atoms with Gasteiger partial charge < -0.3 is 10.5 Å². The van der Waals surface area contributed by atoms with Gasteiger partial charge in [-0.1, -0.05) is 11.6 Å². The summed E-state index contributed by atoms with van der Waals surface area (Å²) in [5.41, 5.74) is 6.56. The lowest BCUT2D eigenvalue weighted by Gasteiger charge is -2.27. The lowest BCUT2D eigenvalue weighted by molar-refractivity contribution is 0.0730. The van der Waals surface area contributed by atoms with Gasteiger partial charge in [-0.25, -0.2) is 0 Å². The first-order valence-corrected chi connectivity index (χ1v) is 7.19.